The van der Waals surface area contributed by atoms with Gasteiger partial charge in [-0.15, -0.1) is 0 Å². The number of rotatable bonds is 10. The molecule has 0 aromatic carbocycles. The number of carbonyl (C=O) groups is 1. The van der Waals surface area contributed by atoms with E-state index in [0.717, 1.165) is 12.8 Å². The molecule has 0 fully saturated rings. The Morgan fingerprint density at radius 3 is 2.44 bits per heavy atom. The summed E-state index contributed by atoms with van der Waals surface area (Å²) in [5, 5.41) is 17.5. The summed E-state index contributed by atoms with van der Waals surface area (Å²) in [5.41, 5.74) is 0. The van der Waals surface area contributed by atoms with Crippen molar-refractivity contribution in [2.24, 2.45) is 0 Å². The van der Waals surface area contributed by atoms with Crippen molar-refractivity contribution < 1.29 is 19.7 Å². The Kier molecular flexibility index (Phi) is 10.5. The molecule has 0 saturated carbocycles. The maximum Gasteiger partial charge on any atom is 0.305 e. The lowest BCUT2D eigenvalue weighted by Crippen LogP contribution is -2.21. The first-order valence-electron chi connectivity index (χ1n) is 6.15. The topological polar surface area (TPSA) is 66.8 Å². The Labute approximate surface area is 97.6 Å². The third-order valence-corrected chi connectivity index (χ3v) is 2.38. The lowest BCUT2D eigenvalue weighted by Gasteiger charge is -2.08. The van der Waals surface area contributed by atoms with Gasteiger partial charge in [-0.3, -0.25) is 4.79 Å². The molecule has 16 heavy (non-hydrogen) atoms. The number of aliphatic hydroxyl groups is 2. The highest BCUT2D eigenvalue weighted by molar-refractivity contribution is 5.69. The van der Waals surface area contributed by atoms with Crippen molar-refractivity contribution in [3.05, 3.63) is 0 Å². The van der Waals surface area contributed by atoms with Crippen LogP contribution in [0.4, 0.5) is 0 Å². The zero-order valence-electron chi connectivity index (χ0n) is 10.2. The molecule has 0 heterocycles. The molecule has 4 nitrogen and oxygen atoms in total. The summed E-state index contributed by atoms with van der Waals surface area (Å²) in [4.78, 5) is 11.1. The predicted molar refractivity (Wildman–Crippen MR) is 62.0 cm³/mol. The molecule has 0 aliphatic heterocycles. The van der Waals surface area contributed by atoms with Crippen molar-refractivity contribution in [2.75, 3.05) is 13.2 Å². The van der Waals surface area contributed by atoms with Crippen LogP contribution in [0.5, 0.6) is 0 Å². The lowest BCUT2D eigenvalue weighted by molar-refractivity contribution is -0.147. The third kappa shape index (κ3) is 9.93. The second-order valence-electron chi connectivity index (χ2n) is 4.04. The molecular weight excluding hydrogens is 208 g/mol. The number of carbonyl (C=O) groups excluding carboxylic acids is 1. The van der Waals surface area contributed by atoms with Crippen molar-refractivity contribution in [2.45, 2.75) is 58.0 Å². The Hall–Kier alpha value is -0.610. The predicted octanol–water partition coefficient (Wildman–Crippen LogP) is 1.63. The Bertz CT molecular complexity index is 170. The maximum absolute atomic E-state index is 11.1. The van der Waals surface area contributed by atoms with Gasteiger partial charge in [-0.05, 0) is 6.42 Å². The molecule has 0 bridgehead atoms. The van der Waals surface area contributed by atoms with E-state index < -0.39 is 6.10 Å². The molecule has 96 valence electrons. The van der Waals surface area contributed by atoms with Crippen molar-refractivity contribution in [1.82, 2.24) is 0 Å². The molecule has 0 radical (unpaired) electrons. The highest BCUT2D eigenvalue weighted by atomic mass is 16.5. The van der Waals surface area contributed by atoms with Crippen LogP contribution in [0.3, 0.4) is 0 Å². The fourth-order valence-corrected chi connectivity index (χ4v) is 1.36. The van der Waals surface area contributed by atoms with Gasteiger partial charge >= 0.3 is 5.97 Å². The number of ether oxygens (including phenoxy) is 1. The van der Waals surface area contributed by atoms with Crippen molar-refractivity contribution in [3.63, 3.8) is 0 Å². The van der Waals surface area contributed by atoms with Crippen LogP contribution in [0.1, 0.15) is 51.9 Å². The zero-order valence-corrected chi connectivity index (χ0v) is 10.2. The van der Waals surface area contributed by atoms with Crippen molar-refractivity contribution >= 4 is 5.97 Å². The van der Waals surface area contributed by atoms with Crippen molar-refractivity contribution in [1.29, 1.82) is 0 Å². The highest BCUT2D eigenvalue weighted by Gasteiger charge is 2.07. The van der Waals surface area contributed by atoms with E-state index in [2.05, 4.69) is 6.92 Å². The molecule has 0 aliphatic carbocycles. The summed E-state index contributed by atoms with van der Waals surface area (Å²) in [7, 11) is 0. The zero-order chi connectivity index (χ0) is 12.2. The summed E-state index contributed by atoms with van der Waals surface area (Å²) in [6, 6.07) is 0. The summed E-state index contributed by atoms with van der Waals surface area (Å²) in [6.45, 7) is 1.69. The van der Waals surface area contributed by atoms with E-state index in [0.29, 0.717) is 6.42 Å². The van der Waals surface area contributed by atoms with Gasteiger partial charge < -0.3 is 14.9 Å². The average Bonchev–Trinajstić information content (AvgIpc) is 2.30. The molecule has 2 N–H and O–H groups in total. The molecule has 0 aliphatic rings. The van der Waals surface area contributed by atoms with E-state index in [9.17, 15) is 4.79 Å². The number of aliphatic hydroxyl groups excluding tert-OH is 2. The van der Waals surface area contributed by atoms with Gasteiger partial charge in [-0.25, -0.2) is 0 Å². The normalized spacial score (nSPS) is 12.4. The van der Waals surface area contributed by atoms with Crippen LogP contribution in [0.15, 0.2) is 0 Å². The summed E-state index contributed by atoms with van der Waals surface area (Å²) in [5.74, 6) is -0.289. The minimum Gasteiger partial charge on any atom is -0.463 e. The minimum absolute atomic E-state index is 0.106. The molecule has 0 unspecified atom stereocenters. The van der Waals surface area contributed by atoms with Crippen LogP contribution in [0, 0.1) is 0 Å². The van der Waals surface area contributed by atoms with Crippen LogP contribution >= 0.6 is 0 Å². The molecular formula is C12H24O4. The van der Waals surface area contributed by atoms with Gasteiger partial charge in [0.1, 0.15) is 12.7 Å². The average molecular weight is 232 g/mol. The van der Waals surface area contributed by atoms with E-state index in [-0.39, 0.29) is 19.2 Å². The number of esters is 1. The first-order valence-corrected chi connectivity index (χ1v) is 6.15. The van der Waals surface area contributed by atoms with Gasteiger partial charge in [-0.2, -0.15) is 0 Å². The Morgan fingerprint density at radius 2 is 1.81 bits per heavy atom. The van der Waals surface area contributed by atoms with E-state index in [4.69, 9.17) is 14.9 Å². The number of hydrogen-bond acceptors (Lipinski definition) is 4. The number of hydrogen-bond donors (Lipinski definition) is 2. The second-order valence-corrected chi connectivity index (χ2v) is 4.04. The standard InChI is InChI=1S/C12H24O4/c1-2-3-4-5-6-7-8-12(15)16-10-11(14)9-13/h11,13-14H,2-10H2,1H3/t11-/m1/s1. The summed E-state index contributed by atoms with van der Waals surface area (Å²) >= 11 is 0. The molecule has 0 amide bonds. The monoisotopic (exact) mass is 232 g/mol. The highest BCUT2D eigenvalue weighted by Crippen LogP contribution is 2.07. The SMILES string of the molecule is CCCCCCCCC(=O)OC[C@H](O)CO. The van der Waals surface area contributed by atoms with Gasteiger partial charge in [0.25, 0.3) is 0 Å². The molecule has 0 saturated heterocycles. The van der Waals surface area contributed by atoms with E-state index in [1.165, 1.54) is 25.7 Å². The lowest BCUT2D eigenvalue weighted by atomic mass is 10.1. The van der Waals surface area contributed by atoms with Gasteiger partial charge in [0.15, 0.2) is 0 Å². The Morgan fingerprint density at radius 1 is 1.19 bits per heavy atom. The Balaban J connectivity index is 3.24. The molecule has 0 spiro atoms. The van der Waals surface area contributed by atoms with Crippen molar-refractivity contribution in [3.8, 4) is 0 Å². The third-order valence-electron chi connectivity index (χ3n) is 2.38. The molecule has 0 aromatic heterocycles. The van der Waals surface area contributed by atoms with Gasteiger partial charge in [0.2, 0.25) is 0 Å². The van der Waals surface area contributed by atoms with E-state index in [1.807, 2.05) is 0 Å². The quantitative estimate of drug-likeness (QED) is 0.444. The smallest absolute Gasteiger partial charge is 0.305 e. The van der Waals surface area contributed by atoms with E-state index >= 15 is 0 Å². The van der Waals surface area contributed by atoms with Crippen LogP contribution < -0.4 is 0 Å². The second kappa shape index (κ2) is 10.9. The van der Waals surface area contributed by atoms with Gasteiger partial charge in [0.05, 0.1) is 6.61 Å². The summed E-state index contributed by atoms with van der Waals surface area (Å²) in [6.07, 6.45) is 6.23. The van der Waals surface area contributed by atoms with Crippen LogP contribution in [0.2, 0.25) is 0 Å². The first-order chi connectivity index (χ1) is 7.70. The van der Waals surface area contributed by atoms with Gasteiger partial charge in [-0.1, -0.05) is 39.0 Å². The van der Waals surface area contributed by atoms with Gasteiger partial charge in [0, 0.05) is 6.42 Å². The van der Waals surface area contributed by atoms with Crippen LogP contribution in [-0.2, 0) is 9.53 Å². The van der Waals surface area contributed by atoms with Crippen LogP contribution in [-0.4, -0.2) is 35.5 Å². The fourth-order valence-electron chi connectivity index (χ4n) is 1.36. The largest absolute Gasteiger partial charge is 0.463 e. The van der Waals surface area contributed by atoms with E-state index in [1.54, 1.807) is 0 Å². The molecule has 1 atom stereocenters. The molecule has 0 aromatic rings. The maximum atomic E-state index is 11.1. The molecule has 4 heteroatoms. The fraction of sp³-hybridized carbons (Fsp3) is 0.917. The minimum atomic E-state index is -0.950. The summed E-state index contributed by atoms with van der Waals surface area (Å²) < 4.78 is 4.77. The van der Waals surface area contributed by atoms with Crippen LogP contribution in [0.25, 0.3) is 0 Å². The number of unbranched alkanes of at least 4 members (excludes halogenated alkanes) is 5. The first kappa shape index (κ1) is 15.4. The molecule has 0 rings (SSSR count).